The Morgan fingerprint density at radius 1 is 0.892 bits per heavy atom. The van der Waals surface area contributed by atoms with E-state index in [-0.39, 0.29) is 17.6 Å². The standard InChI is InChI=1S/C33H43NO3/c1-7-8-20-35-30-28-21-27(34-22-24-12-10-9-11-13-24)18-19-29(28)37-33(5,6)31(30)36-23-25-14-16-26(17-15-25)32(2,3)4/h9-19,21,30-31,34H,7-8,20,22-23H2,1-6H3. The minimum absolute atomic E-state index is 0.132. The number of hydrogen-bond acceptors (Lipinski definition) is 4. The van der Waals surface area contributed by atoms with Crippen LogP contribution in [0.15, 0.2) is 72.8 Å². The second-order valence-corrected chi connectivity index (χ2v) is 11.6. The summed E-state index contributed by atoms with van der Waals surface area (Å²) in [6.45, 7) is 15.1. The first-order chi connectivity index (χ1) is 17.7. The molecule has 1 aliphatic heterocycles. The van der Waals surface area contributed by atoms with Crippen molar-refractivity contribution in [1.82, 2.24) is 0 Å². The maximum atomic E-state index is 6.61. The van der Waals surface area contributed by atoms with Gasteiger partial charge in [0.25, 0.3) is 0 Å². The molecular formula is C33H43NO3. The molecule has 0 spiro atoms. The lowest BCUT2D eigenvalue weighted by molar-refractivity contribution is -0.167. The Kier molecular flexibility index (Phi) is 8.61. The van der Waals surface area contributed by atoms with Crippen LogP contribution in [-0.4, -0.2) is 18.3 Å². The highest BCUT2D eigenvalue weighted by Crippen LogP contribution is 2.44. The van der Waals surface area contributed by atoms with E-state index in [4.69, 9.17) is 14.2 Å². The van der Waals surface area contributed by atoms with E-state index >= 15 is 0 Å². The van der Waals surface area contributed by atoms with Gasteiger partial charge in [-0.3, -0.25) is 0 Å². The number of ether oxygens (including phenoxy) is 3. The second-order valence-electron chi connectivity index (χ2n) is 11.6. The number of nitrogens with one attached hydrogen (secondary N) is 1. The number of benzene rings is 3. The zero-order valence-corrected chi connectivity index (χ0v) is 23.3. The van der Waals surface area contributed by atoms with Crippen molar-refractivity contribution in [3.8, 4) is 5.75 Å². The lowest BCUT2D eigenvalue weighted by atomic mass is 9.86. The second kappa shape index (κ2) is 11.7. The third-order valence-corrected chi connectivity index (χ3v) is 7.03. The summed E-state index contributed by atoms with van der Waals surface area (Å²) in [5.41, 5.74) is 5.41. The molecule has 3 aromatic rings. The van der Waals surface area contributed by atoms with Crippen molar-refractivity contribution in [2.75, 3.05) is 11.9 Å². The first-order valence-electron chi connectivity index (χ1n) is 13.6. The Morgan fingerprint density at radius 3 is 2.30 bits per heavy atom. The first-order valence-corrected chi connectivity index (χ1v) is 13.6. The van der Waals surface area contributed by atoms with E-state index < -0.39 is 5.60 Å². The Balaban J connectivity index is 1.55. The molecule has 0 fully saturated rings. The van der Waals surface area contributed by atoms with Gasteiger partial charge in [0.1, 0.15) is 23.6 Å². The van der Waals surface area contributed by atoms with Gasteiger partial charge in [0.15, 0.2) is 0 Å². The first kappa shape index (κ1) is 27.2. The van der Waals surface area contributed by atoms with Gasteiger partial charge >= 0.3 is 0 Å². The van der Waals surface area contributed by atoms with Gasteiger partial charge < -0.3 is 19.5 Å². The van der Waals surface area contributed by atoms with Crippen molar-refractivity contribution in [2.45, 2.75) is 90.8 Å². The van der Waals surface area contributed by atoms with Crippen LogP contribution in [0.5, 0.6) is 5.75 Å². The molecule has 0 saturated heterocycles. The molecule has 198 valence electrons. The maximum Gasteiger partial charge on any atom is 0.132 e. The van der Waals surface area contributed by atoms with Crippen LogP contribution in [0.1, 0.15) is 82.7 Å². The van der Waals surface area contributed by atoms with Crippen LogP contribution in [0, 0.1) is 0 Å². The molecule has 4 heteroatoms. The van der Waals surface area contributed by atoms with Crippen LogP contribution in [0.25, 0.3) is 0 Å². The highest BCUT2D eigenvalue weighted by Gasteiger charge is 2.45. The van der Waals surface area contributed by atoms with Gasteiger partial charge in [0.2, 0.25) is 0 Å². The molecule has 1 N–H and O–H groups in total. The fourth-order valence-corrected chi connectivity index (χ4v) is 4.75. The van der Waals surface area contributed by atoms with E-state index in [1.165, 1.54) is 11.1 Å². The number of unbranched alkanes of at least 4 members (excludes halogenated alkanes) is 1. The molecule has 0 saturated carbocycles. The summed E-state index contributed by atoms with van der Waals surface area (Å²) in [5, 5.41) is 3.56. The number of hydrogen-bond donors (Lipinski definition) is 1. The SMILES string of the molecule is CCCCOC1c2cc(NCc3ccccc3)ccc2OC(C)(C)C1OCc1ccc(C(C)(C)C)cc1. The van der Waals surface area contributed by atoms with Crippen LogP contribution in [0.4, 0.5) is 5.69 Å². The summed E-state index contributed by atoms with van der Waals surface area (Å²) in [6, 6.07) is 25.5. The van der Waals surface area contributed by atoms with Crippen molar-refractivity contribution >= 4 is 5.69 Å². The quantitative estimate of drug-likeness (QED) is 0.284. The van der Waals surface area contributed by atoms with Gasteiger partial charge in [0, 0.05) is 24.4 Å². The third-order valence-electron chi connectivity index (χ3n) is 7.03. The minimum Gasteiger partial charge on any atom is -0.485 e. The zero-order chi connectivity index (χ0) is 26.5. The molecular weight excluding hydrogens is 458 g/mol. The molecule has 2 atom stereocenters. The highest BCUT2D eigenvalue weighted by atomic mass is 16.6. The van der Waals surface area contributed by atoms with Crippen molar-refractivity contribution in [2.24, 2.45) is 0 Å². The lowest BCUT2D eigenvalue weighted by Crippen LogP contribution is -2.51. The van der Waals surface area contributed by atoms with Crippen molar-refractivity contribution in [1.29, 1.82) is 0 Å². The Bertz CT molecular complexity index is 1130. The van der Waals surface area contributed by atoms with Crippen LogP contribution >= 0.6 is 0 Å². The molecule has 1 aliphatic rings. The number of fused-ring (bicyclic) bond motifs is 1. The average molecular weight is 502 g/mol. The van der Waals surface area contributed by atoms with E-state index in [0.717, 1.165) is 42.0 Å². The van der Waals surface area contributed by atoms with Gasteiger partial charge in [-0.1, -0.05) is 88.7 Å². The fraction of sp³-hybridized carbons (Fsp3) is 0.455. The molecule has 0 bridgehead atoms. The Labute approximate surface area is 223 Å². The van der Waals surface area contributed by atoms with Crippen LogP contribution in [-0.2, 0) is 28.0 Å². The summed E-state index contributed by atoms with van der Waals surface area (Å²) in [7, 11) is 0. The average Bonchev–Trinajstić information content (AvgIpc) is 2.87. The lowest BCUT2D eigenvalue weighted by Gasteiger charge is -2.44. The van der Waals surface area contributed by atoms with E-state index in [1.807, 2.05) is 6.07 Å². The Hall–Kier alpha value is -2.82. The molecule has 0 radical (unpaired) electrons. The predicted molar refractivity (Wildman–Crippen MR) is 152 cm³/mol. The molecule has 4 nitrogen and oxygen atoms in total. The maximum absolute atomic E-state index is 6.61. The van der Waals surface area contributed by atoms with E-state index in [0.29, 0.717) is 13.2 Å². The van der Waals surface area contributed by atoms with Gasteiger partial charge in [-0.15, -0.1) is 0 Å². The molecule has 1 heterocycles. The summed E-state index contributed by atoms with van der Waals surface area (Å²) >= 11 is 0. The van der Waals surface area contributed by atoms with Crippen LogP contribution in [0.3, 0.4) is 0 Å². The summed E-state index contributed by atoms with van der Waals surface area (Å²) in [6.07, 6.45) is 1.64. The van der Waals surface area contributed by atoms with E-state index in [1.54, 1.807) is 0 Å². The summed E-state index contributed by atoms with van der Waals surface area (Å²) in [5.74, 6) is 0.867. The van der Waals surface area contributed by atoms with Crippen LogP contribution < -0.4 is 10.1 Å². The molecule has 4 rings (SSSR count). The smallest absolute Gasteiger partial charge is 0.132 e. The van der Waals surface area contributed by atoms with E-state index in [2.05, 4.69) is 114 Å². The molecule has 3 aromatic carbocycles. The van der Waals surface area contributed by atoms with Gasteiger partial charge in [-0.05, 0) is 60.6 Å². The summed E-state index contributed by atoms with van der Waals surface area (Å²) in [4.78, 5) is 0. The summed E-state index contributed by atoms with van der Waals surface area (Å²) < 4.78 is 19.6. The van der Waals surface area contributed by atoms with Crippen molar-refractivity contribution in [3.63, 3.8) is 0 Å². The molecule has 2 unspecified atom stereocenters. The predicted octanol–water partition coefficient (Wildman–Crippen LogP) is 8.21. The normalized spacial score (nSPS) is 18.6. The molecule has 37 heavy (non-hydrogen) atoms. The zero-order valence-electron chi connectivity index (χ0n) is 23.3. The largest absolute Gasteiger partial charge is 0.485 e. The molecule has 0 aromatic heterocycles. The monoisotopic (exact) mass is 501 g/mol. The molecule has 0 aliphatic carbocycles. The number of anilines is 1. The minimum atomic E-state index is -0.534. The topological polar surface area (TPSA) is 39.7 Å². The van der Waals surface area contributed by atoms with Gasteiger partial charge in [-0.2, -0.15) is 0 Å². The van der Waals surface area contributed by atoms with E-state index in [9.17, 15) is 0 Å². The van der Waals surface area contributed by atoms with Crippen LogP contribution in [0.2, 0.25) is 0 Å². The van der Waals surface area contributed by atoms with Crippen molar-refractivity contribution in [3.05, 3.63) is 95.1 Å². The van der Waals surface area contributed by atoms with Crippen molar-refractivity contribution < 1.29 is 14.2 Å². The molecule has 0 amide bonds. The van der Waals surface area contributed by atoms with Gasteiger partial charge in [0.05, 0.1) is 6.61 Å². The number of rotatable bonds is 10. The van der Waals surface area contributed by atoms with Gasteiger partial charge in [-0.25, -0.2) is 0 Å². The Morgan fingerprint density at radius 2 is 1.62 bits per heavy atom. The highest BCUT2D eigenvalue weighted by molar-refractivity contribution is 5.54. The third kappa shape index (κ3) is 6.94. The fourth-order valence-electron chi connectivity index (χ4n) is 4.75.